The van der Waals surface area contributed by atoms with E-state index in [9.17, 15) is 0 Å². The molecule has 0 aliphatic carbocycles. The van der Waals surface area contributed by atoms with E-state index in [1.54, 1.807) is 11.7 Å². The van der Waals surface area contributed by atoms with Gasteiger partial charge in [0.25, 0.3) is 0 Å². The van der Waals surface area contributed by atoms with Crippen molar-refractivity contribution in [3.63, 3.8) is 0 Å². The number of hydrogen-bond donors (Lipinski definition) is 0. The lowest BCUT2D eigenvalue weighted by molar-refractivity contribution is 0.767. The van der Waals surface area contributed by atoms with Gasteiger partial charge >= 0.3 is 0 Å². The minimum absolute atomic E-state index is 0.943. The Morgan fingerprint density at radius 3 is 2.50 bits per heavy atom. The zero-order chi connectivity index (χ0) is 19.1. The second-order valence-corrected chi connectivity index (χ2v) is 6.15. The summed E-state index contributed by atoms with van der Waals surface area (Å²) in [6, 6.07) is 8.32. The van der Waals surface area contributed by atoms with Gasteiger partial charge < -0.3 is 0 Å². The van der Waals surface area contributed by atoms with Gasteiger partial charge in [0, 0.05) is 49.6 Å². The van der Waals surface area contributed by atoms with Crippen molar-refractivity contribution in [1.82, 2.24) is 9.78 Å². The van der Waals surface area contributed by atoms with Gasteiger partial charge in [0.05, 0.1) is 6.20 Å². The monoisotopic (exact) mass is 346 g/mol. The van der Waals surface area contributed by atoms with Crippen molar-refractivity contribution in [3.05, 3.63) is 77.8 Å². The molecule has 26 heavy (non-hydrogen) atoms. The van der Waals surface area contributed by atoms with Gasteiger partial charge in [-0.15, -0.1) is 0 Å². The molecule has 0 N–H and O–H groups in total. The molecule has 0 aliphatic rings. The fourth-order valence-corrected chi connectivity index (χ4v) is 2.61. The number of hydrogen-bond acceptors (Lipinski definition) is 3. The van der Waals surface area contributed by atoms with Crippen LogP contribution in [0.1, 0.15) is 37.5 Å². The first-order valence-corrected chi connectivity index (χ1v) is 8.55. The Morgan fingerprint density at radius 2 is 1.92 bits per heavy atom. The topological polar surface area (TPSA) is 42.5 Å². The van der Waals surface area contributed by atoms with E-state index in [0.29, 0.717) is 0 Å². The number of rotatable bonds is 6. The van der Waals surface area contributed by atoms with E-state index in [1.807, 2.05) is 58.7 Å². The molecule has 0 saturated heterocycles. The van der Waals surface area contributed by atoms with Crippen LogP contribution in [-0.4, -0.2) is 28.8 Å². The Balaban J connectivity index is 2.38. The van der Waals surface area contributed by atoms with Crippen LogP contribution in [0.2, 0.25) is 0 Å². The number of aliphatic imine (C=N–C) groups is 2. The summed E-state index contributed by atoms with van der Waals surface area (Å²) in [6.45, 7) is 10.1. The molecular weight excluding hydrogens is 320 g/mol. The van der Waals surface area contributed by atoms with Crippen LogP contribution in [0.4, 0.5) is 0 Å². The Labute approximate surface area is 156 Å². The van der Waals surface area contributed by atoms with Crippen LogP contribution in [0.25, 0.3) is 11.1 Å². The molecule has 0 radical (unpaired) electrons. The lowest BCUT2D eigenvalue weighted by Gasteiger charge is -2.06. The molecule has 0 amide bonds. The highest BCUT2D eigenvalue weighted by Crippen LogP contribution is 2.21. The van der Waals surface area contributed by atoms with Crippen molar-refractivity contribution < 1.29 is 0 Å². The normalized spacial score (nSPS) is 13.5. The molecule has 0 unspecified atom stereocenters. The van der Waals surface area contributed by atoms with Crippen LogP contribution in [-0.2, 0) is 7.05 Å². The SMILES string of the molecule is C=C(C)/C(=C\N=C(C)c1cccc(/C(C=NC)=C/C)c1)c1cnn(C)c1. The minimum Gasteiger partial charge on any atom is -0.296 e. The van der Waals surface area contributed by atoms with Crippen LogP contribution >= 0.6 is 0 Å². The van der Waals surface area contributed by atoms with E-state index in [0.717, 1.165) is 39.1 Å². The van der Waals surface area contributed by atoms with Crippen LogP contribution in [0, 0.1) is 0 Å². The molecule has 1 aromatic heterocycles. The molecule has 4 heteroatoms. The van der Waals surface area contributed by atoms with E-state index in [-0.39, 0.29) is 0 Å². The lowest BCUT2D eigenvalue weighted by Crippen LogP contribution is -1.96. The number of aryl methyl sites for hydroxylation is 1. The Morgan fingerprint density at radius 1 is 1.19 bits per heavy atom. The standard InChI is InChI=1S/C22H26N4/c1-7-18(12-23-5)20-10-8-9-19(11-20)17(4)24-14-22(16(2)3)21-13-25-26(6)15-21/h7-15H,2H2,1,3-6H3/b18-7+,22-14+,23-12?,24-17?. The van der Waals surface area contributed by atoms with Gasteiger partial charge in [-0.2, -0.15) is 5.10 Å². The molecule has 4 nitrogen and oxygen atoms in total. The molecular formula is C22H26N4. The second-order valence-electron chi connectivity index (χ2n) is 6.15. The quantitative estimate of drug-likeness (QED) is 0.539. The zero-order valence-electron chi connectivity index (χ0n) is 16.2. The van der Waals surface area contributed by atoms with Crippen LogP contribution in [0.5, 0.6) is 0 Å². The molecule has 1 aromatic carbocycles. The minimum atomic E-state index is 0.943. The molecule has 2 rings (SSSR count). The summed E-state index contributed by atoms with van der Waals surface area (Å²) in [5.41, 5.74) is 7.20. The average molecular weight is 346 g/mol. The van der Waals surface area contributed by atoms with Crippen LogP contribution < -0.4 is 0 Å². The molecule has 0 aliphatic heterocycles. The molecule has 0 fully saturated rings. The summed E-state index contributed by atoms with van der Waals surface area (Å²) in [6.07, 6.45) is 9.58. The highest BCUT2D eigenvalue weighted by Gasteiger charge is 2.06. The fourth-order valence-electron chi connectivity index (χ4n) is 2.61. The van der Waals surface area contributed by atoms with E-state index in [2.05, 4.69) is 45.9 Å². The predicted octanol–water partition coefficient (Wildman–Crippen LogP) is 4.95. The molecule has 2 aromatic rings. The summed E-state index contributed by atoms with van der Waals surface area (Å²) in [4.78, 5) is 8.80. The summed E-state index contributed by atoms with van der Waals surface area (Å²) >= 11 is 0. The number of aromatic nitrogens is 2. The van der Waals surface area contributed by atoms with Crippen LogP contribution in [0.15, 0.2) is 71.1 Å². The Kier molecular flexibility index (Phi) is 6.61. The van der Waals surface area contributed by atoms with Crippen LogP contribution in [0.3, 0.4) is 0 Å². The van der Waals surface area contributed by atoms with Gasteiger partial charge in [-0.1, -0.05) is 30.9 Å². The molecule has 1 heterocycles. The zero-order valence-corrected chi connectivity index (χ0v) is 16.2. The van der Waals surface area contributed by atoms with Gasteiger partial charge in [-0.25, -0.2) is 0 Å². The Hall–Kier alpha value is -3.01. The number of benzene rings is 1. The van der Waals surface area contributed by atoms with Gasteiger partial charge in [0.15, 0.2) is 0 Å². The first-order valence-electron chi connectivity index (χ1n) is 8.55. The predicted molar refractivity (Wildman–Crippen MR) is 113 cm³/mol. The average Bonchev–Trinajstić information content (AvgIpc) is 3.05. The molecule has 134 valence electrons. The van der Waals surface area contributed by atoms with Gasteiger partial charge in [-0.3, -0.25) is 14.7 Å². The highest BCUT2D eigenvalue weighted by molar-refractivity contribution is 6.10. The van der Waals surface area contributed by atoms with E-state index in [1.165, 1.54) is 0 Å². The third kappa shape index (κ3) is 4.76. The van der Waals surface area contributed by atoms with Gasteiger partial charge in [-0.05, 0) is 49.1 Å². The summed E-state index contributed by atoms with van der Waals surface area (Å²) in [5, 5.41) is 4.23. The van der Waals surface area contributed by atoms with Gasteiger partial charge in [0.1, 0.15) is 0 Å². The third-order valence-corrected chi connectivity index (χ3v) is 4.06. The molecule has 0 spiro atoms. The maximum absolute atomic E-state index is 4.68. The summed E-state index contributed by atoms with van der Waals surface area (Å²) < 4.78 is 1.78. The van der Waals surface area contributed by atoms with Gasteiger partial charge in [0.2, 0.25) is 0 Å². The van der Waals surface area contributed by atoms with Crippen molar-refractivity contribution in [2.24, 2.45) is 17.0 Å². The van der Waals surface area contributed by atoms with Crippen molar-refractivity contribution in [2.75, 3.05) is 7.05 Å². The maximum atomic E-state index is 4.68. The second kappa shape index (κ2) is 8.90. The first-order chi connectivity index (χ1) is 12.5. The van der Waals surface area contributed by atoms with E-state index in [4.69, 9.17) is 0 Å². The highest BCUT2D eigenvalue weighted by atomic mass is 15.2. The van der Waals surface area contributed by atoms with Crippen molar-refractivity contribution in [2.45, 2.75) is 20.8 Å². The number of allylic oxidation sites excluding steroid dienone is 4. The third-order valence-electron chi connectivity index (χ3n) is 4.06. The fraction of sp³-hybridized carbons (Fsp3) is 0.227. The smallest absolute Gasteiger partial charge is 0.0568 e. The first kappa shape index (κ1) is 19.3. The summed E-state index contributed by atoms with van der Waals surface area (Å²) in [7, 11) is 3.68. The molecule has 0 atom stereocenters. The van der Waals surface area contributed by atoms with Crippen molar-refractivity contribution in [3.8, 4) is 0 Å². The largest absolute Gasteiger partial charge is 0.296 e. The lowest BCUT2D eigenvalue weighted by atomic mass is 10.0. The van der Waals surface area contributed by atoms with E-state index >= 15 is 0 Å². The van der Waals surface area contributed by atoms with Crippen molar-refractivity contribution in [1.29, 1.82) is 0 Å². The Bertz CT molecular complexity index is 908. The van der Waals surface area contributed by atoms with Crippen molar-refractivity contribution >= 4 is 23.1 Å². The maximum Gasteiger partial charge on any atom is 0.0568 e. The molecule has 0 bridgehead atoms. The number of nitrogens with zero attached hydrogens (tertiary/aromatic N) is 4. The van der Waals surface area contributed by atoms with E-state index < -0.39 is 0 Å². The molecule has 0 saturated carbocycles. The summed E-state index contributed by atoms with van der Waals surface area (Å²) in [5.74, 6) is 0.